The second-order valence-corrected chi connectivity index (χ2v) is 7.09. The molecule has 0 aliphatic heterocycles. The lowest BCUT2D eigenvalue weighted by molar-refractivity contribution is -0.127. The molecule has 26 heavy (non-hydrogen) atoms. The average molecular weight is 413 g/mol. The normalized spacial score (nSPS) is 10.8. The van der Waals surface area contributed by atoms with E-state index in [0.717, 1.165) is 16.7 Å². The van der Waals surface area contributed by atoms with Gasteiger partial charge in [0.15, 0.2) is 0 Å². The largest absolute Gasteiger partial charge is 0.355 e. The number of nitrogens with zero attached hydrogens (tertiary/aromatic N) is 1. The summed E-state index contributed by atoms with van der Waals surface area (Å²) in [5.74, 6) is -0.343. The number of carbonyl (C=O) groups excluding carboxylic acids is 2. The molecule has 0 saturated heterocycles. The van der Waals surface area contributed by atoms with Crippen LogP contribution in [0.3, 0.4) is 0 Å². The summed E-state index contributed by atoms with van der Waals surface area (Å²) in [7, 11) is 0. The highest BCUT2D eigenvalue weighted by molar-refractivity contribution is 9.10. The molecule has 2 aromatic carbocycles. The van der Waals surface area contributed by atoms with Crippen LogP contribution < -0.4 is 5.32 Å². The molecular weight excluding hydrogens is 392 g/mol. The third-order valence-electron chi connectivity index (χ3n) is 4.30. The molecule has 5 heteroatoms. The summed E-state index contributed by atoms with van der Waals surface area (Å²) in [6.07, 6.45) is 0.642. The minimum atomic E-state index is -0.221. The molecule has 0 aliphatic carbocycles. The molecule has 1 amide bonds. The minimum Gasteiger partial charge on any atom is -0.355 e. The molecule has 0 fully saturated rings. The Morgan fingerprint density at radius 1 is 1.04 bits per heavy atom. The Morgan fingerprint density at radius 3 is 2.46 bits per heavy atom. The number of amides is 1. The van der Waals surface area contributed by atoms with Gasteiger partial charge in [0.25, 0.3) is 0 Å². The number of halogens is 1. The number of hydrogen-bond acceptors (Lipinski definition) is 2. The van der Waals surface area contributed by atoms with Crippen molar-refractivity contribution in [2.24, 2.45) is 0 Å². The van der Waals surface area contributed by atoms with E-state index in [1.807, 2.05) is 30.3 Å². The van der Waals surface area contributed by atoms with Gasteiger partial charge in [0.1, 0.15) is 5.78 Å². The van der Waals surface area contributed by atoms with Crippen LogP contribution in [0.1, 0.15) is 24.5 Å². The number of benzene rings is 2. The number of Topliss-reactive ketones (excluding diaryl/α,β-unsaturated/α-hetero) is 1. The van der Waals surface area contributed by atoms with Crippen molar-refractivity contribution in [1.82, 2.24) is 9.88 Å². The fourth-order valence-corrected chi connectivity index (χ4v) is 3.85. The number of hydrogen-bond donors (Lipinski definition) is 1. The summed E-state index contributed by atoms with van der Waals surface area (Å²) in [6.45, 7) is 2.70. The summed E-state index contributed by atoms with van der Waals surface area (Å²) in [5, 5.41) is 4.00. The van der Waals surface area contributed by atoms with Gasteiger partial charge in [-0.1, -0.05) is 48.5 Å². The lowest BCUT2D eigenvalue weighted by Gasteiger charge is -2.08. The van der Waals surface area contributed by atoms with Crippen LogP contribution in [0.5, 0.6) is 0 Å². The van der Waals surface area contributed by atoms with Gasteiger partial charge in [0.05, 0.1) is 11.0 Å². The van der Waals surface area contributed by atoms with E-state index in [4.69, 9.17) is 0 Å². The van der Waals surface area contributed by atoms with E-state index in [9.17, 15) is 9.59 Å². The number of fused-ring (bicyclic) bond motifs is 1. The molecule has 0 radical (unpaired) electrons. The van der Waals surface area contributed by atoms with E-state index in [-0.39, 0.29) is 18.1 Å². The van der Waals surface area contributed by atoms with Crippen LogP contribution in [0, 0.1) is 0 Å². The first-order valence-corrected chi connectivity index (χ1v) is 9.41. The Bertz CT molecular complexity index is 932. The summed E-state index contributed by atoms with van der Waals surface area (Å²) < 4.78 is 3.28. The third kappa shape index (κ3) is 4.22. The predicted molar refractivity (Wildman–Crippen MR) is 107 cm³/mol. The summed E-state index contributed by atoms with van der Waals surface area (Å²) in [5.41, 5.74) is 3.56. The summed E-state index contributed by atoms with van der Waals surface area (Å²) in [6, 6.07) is 18.6. The van der Waals surface area contributed by atoms with Crippen molar-refractivity contribution in [3.05, 3.63) is 70.3 Å². The van der Waals surface area contributed by atoms with E-state index in [2.05, 4.69) is 50.1 Å². The monoisotopic (exact) mass is 412 g/mol. The fourth-order valence-electron chi connectivity index (χ4n) is 3.12. The van der Waals surface area contributed by atoms with Crippen molar-refractivity contribution >= 4 is 38.5 Å². The first-order chi connectivity index (χ1) is 12.6. The zero-order chi connectivity index (χ0) is 18.5. The Hall–Kier alpha value is -2.40. The van der Waals surface area contributed by atoms with E-state index < -0.39 is 0 Å². The van der Waals surface area contributed by atoms with Crippen LogP contribution in [0.25, 0.3) is 10.9 Å². The molecule has 0 saturated carbocycles. The van der Waals surface area contributed by atoms with Gasteiger partial charge in [0, 0.05) is 24.0 Å². The molecule has 0 aliphatic rings. The van der Waals surface area contributed by atoms with Crippen molar-refractivity contribution < 1.29 is 9.59 Å². The van der Waals surface area contributed by atoms with Gasteiger partial charge >= 0.3 is 0 Å². The average Bonchev–Trinajstić information content (AvgIpc) is 2.88. The molecule has 3 rings (SSSR count). The van der Waals surface area contributed by atoms with Crippen molar-refractivity contribution in [1.29, 1.82) is 0 Å². The molecule has 0 bridgehead atoms. The Kier molecular flexibility index (Phi) is 5.89. The first kappa shape index (κ1) is 18.4. The molecule has 0 spiro atoms. The zero-order valence-corrected chi connectivity index (χ0v) is 16.3. The Balaban J connectivity index is 1.83. The maximum absolute atomic E-state index is 11.7. The molecule has 4 nitrogen and oxygen atoms in total. The van der Waals surface area contributed by atoms with E-state index in [1.165, 1.54) is 23.4 Å². The van der Waals surface area contributed by atoms with Gasteiger partial charge in [-0.15, -0.1) is 0 Å². The predicted octanol–water partition coefficient (Wildman–Crippen LogP) is 4.09. The molecular formula is C21H21BrN2O2. The SMILES string of the molecule is CC(=O)CC(=O)NCCc1c(Br)n(Cc2ccccc2)c2ccccc12. The fraction of sp³-hybridized carbons (Fsp3) is 0.238. The second kappa shape index (κ2) is 8.32. The highest BCUT2D eigenvalue weighted by atomic mass is 79.9. The van der Waals surface area contributed by atoms with Gasteiger partial charge in [-0.25, -0.2) is 0 Å². The van der Waals surface area contributed by atoms with Crippen LogP contribution in [-0.2, 0) is 22.6 Å². The Labute approximate surface area is 161 Å². The minimum absolute atomic E-state index is 0.0586. The smallest absolute Gasteiger partial charge is 0.227 e. The number of para-hydroxylation sites is 1. The van der Waals surface area contributed by atoms with E-state index in [0.29, 0.717) is 13.0 Å². The van der Waals surface area contributed by atoms with Gasteiger partial charge in [-0.2, -0.15) is 0 Å². The lowest BCUT2D eigenvalue weighted by atomic mass is 10.1. The van der Waals surface area contributed by atoms with Crippen molar-refractivity contribution in [3.63, 3.8) is 0 Å². The van der Waals surface area contributed by atoms with Gasteiger partial charge in [0.2, 0.25) is 5.91 Å². The van der Waals surface area contributed by atoms with Crippen LogP contribution in [0.2, 0.25) is 0 Å². The summed E-state index contributed by atoms with van der Waals surface area (Å²) in [4.78, 5) is 22.7. The van der Waals surface area contributed by atoms with E-state index >= 15 is 0 Å². The van der Waals surface area contributed by atoms with Crippen molar-refractivity contribution in [3.8, 4) is 0 Å². The van der Waals surface area contributed by atoms with Crippen LogP contribution in [-0.4, -0.2) is 22.8 Å². The molecule has 0 unspecified atom stereocenters. The highest BCUT2D eigenvalue weighted by Crippen LogP contribution is 2.31. The third-order valence-corrected chi connectivity index (χ3v) is 5.20. The highest BCUT2D eigenvalue weighted by Gasteiger charge is 2.15. The van der Waals surface area contributed by atoms with Gasteiger partial charge < -0.3 is 9.88 Å². The summed E-state index contributed by atoms with van der Waals surface area (Å²) >= 11 is 3.76. The number of carbonyl (C=O) groups is 2. The number of aromatic nitrogens is 1. The van der Waals surface area contributed by atoms with Crippen molar-refractivity contribution in [2.45, 2.75) is 26.3 Å². The molecule has 1 aromatic heterocycles. The zero-order valence-electron chi connectivity index (χ0n) is 14.7. The van der Waals surface area contributed by atoms with Crippen LogP contribution >= 0.6 is 15.9 Å². The quantitative estimate of drug-likeness (QED) is 0.594. The molecule has 1 N–H and O–H groups in total. The lowest BCUT2D eigenvalue weighted by Crippen LogP contribution is -2.27. The number of nitrogens with one attached hydrogen (secondary N) is 1. The second-order valence-electron chi connectivity index (χ2n) is 6.34. The van der Waals surface area contributed by atoms with Crippen molar-refractivity contribution in [2.75, 3.05) is 6.54 Å². The Morgan fingerprint density at radius 2 is 1.73 bits per heavy atom. The van der Waals surface area contributed by atoms with Gasteiger partial charge in [-0.3, -0.25) is 9.59 Å². The van der Waals surface area contributed by atoms with Crippen LogP contribution in [0.4, 0.5) is 0 Å². The first-order valence-electron chi connectivity index (χ1n) is 8.62. The topological polar surface area (TPSA) is 51.1 Å². The van der Waals surface area contributed by atoms with Gasteiger partial charge in [-0.05, 0) is 46.5 Å². The molecule has 0 atom stereocenters. The molecule has 1 heterocycles. The maximum Gasteiger partial charge on any atom is 0.227 e. The standard InChI is InChI=1S/C21H21BrN2O2/c1-15(25)13-20(26)23-12-11-18-17-9-5-6-10-19(17)24(21(18)22)14-16-7-3-2-4-8-16/h2-10H,11-14H2,1H3,(H,23,26). The maximum atomic E-state index is 11.7. The van der Waals surface area contributed by atoms with E-state index in [1.54, 1.807) is 0 Å². The molecule has 3 aromatic rings. The number of rotatable bonds is 7. The van der Waals surface area contributed by atoms with Crippen LogP contribution in [0.15, 0.2) is 59.2 Å². The molecule has 134 valence electrons. The number of ketones is 1.